The van der Waals surface area contributed by atoms with Gasteiger partial charge in [-0.05, 0) is 38.8 Å². The second kappa shape index (κ2) is 5.79. The molecular formula is C15H23N5. The molecule has 1 unspecified atom stereocenters. The zero-order valence-corrected chi connectivity index (χ0v) is 12.3. The van der Waals surface area contributed by atoms with Crippen LogP contribution >= 0.6 is 0 Å². The molecule has 108 valence electrons. The van der Waals surface area contributed by atoms with Crippen LogP contribution in [0.15, 0.2) is 18.5 Å². The maximum Gasteiger partial charge on any atom is 0.154 e. The van der Waals surface area contributed by atoms with Crippen LogP contribution in [0, 0.1) is 6.92 Å². The van der Waals surface area contributed by atoms with Gasteiger partial charge in [-0.2, -0.15) is 5.10 Å². The molecule has 0 radical (unpaired) electrons. The third kappa shape index (κ3) is 2.63. The minimum Gasteiger partial charge on any atom is -0.353 e. The summed E-state index contributed by atoms with van der Waals surface area (Å²) in [6.45, 7) is 7.46. The van der Waals surface area contributed by atoms with E-state index in [1.807, 2.05) is 23.8 Å². The molecule has 3 heterocycles. The van der Waals surface area contributed by atoms with Crippen LogP contribution in [0.25, 0.3) is 5.52 Å². The van der Waals surface area contributed by atoms with Gasteiger partial charge < -0.3 is 10.2 Å². The van der Waals surface area contributed by atoms with Crippen molar-refractivity contribution in [3.63, 3.8) is 0 Å². The monoisotopic (exact) mass is 273 g/mol. The van der Waals surface area contributed by atoms with Crippen LogP contribution in [-0.4, -0.2) is 40.3 Å². The Balaban J connectivity index is 1.83. The number of hydrogen-bond donors (Lipinski definition) is 1. The van der Waals surface area contributed by atoms with E-state index in [0.29, 0.717) is 6.04 Å². The van der Waals surface area contributed by atoms with Crippen molar-refractivity contribution >= 4 is 11.3 Å². The predicted octanol–water partition coefficient (Wildman–Crippen LogP) is 2.01. The number of anilines is 1. The third-order valence-electron chi connectivity index (χ3n) is 3.90. The Morgan fingerprint density at radius 1 is 1.45 bits per heavy atom. The van der Waals surface area contributed by atoms with Crippen LogP contribution in [0.4, 0.5) is 5.82 Å². The molecule has 0 spiro atoms. The summed E-state index contributed by atoms with van der Waals surface area (Å²) in [4.78, 5) is 6.99. The van der Waals surface area contributed by atoms with E-state index in [1.165, 1.54) is 19.3 Å². The van der Waals surface area contributed by atoms with E-state index < -0.39 is 0 Å². The zero-order valence-electron chi connectivity index (χ0n) is 12.3. The Hall–Kier alpha value is -1.62. The standard InChI is InChI=1S/C15H23N5/c1-3-6-16-13-5-4-8-19(11-13)15-14-10-12(2)18-20(14)9-7-17-15/h7,9-10,13,16H,3-6,8,11H2,1-2H3. The normalized spacial score (nSPS) is 19.7. The maximum absolute atomic E-state index is 4.60. The number of aryl methyl sites for hydroxylation is 1. The van der Waals surface area contributed by atoms with Gasteiger partial charge in [-0.1, -0.05) is 6.92 Å². The van der Waals surface area contributed by atoms with Crippen LogP contribution in [-0.2, 0) is 0 Å². The molecule has 0 saturated carbocycles. The van der Waals surface area contributed by atoms with Crippen LogP contribution in [0.3, 0.4) is 0 Å². The number of aromatic nitrogens is 3. The van der Waals surface area contributed by atoms with Crippen molar-refractivity contribution in [2.24, 2.45) is 0 Å². The molecule has 2 aromatic heterocycles. The van der Waals surface area contributed by atoms with Gasteiger partial charge in [0, 0.05) is 31.5 Å². The first-order chi connectivity index (χ1) is 9.78. The second-order valence-electron chi connectivity index (χ2n) is 5.61. The van der Waals surface area contributed by atoms with E-state index in [-0.39, 0.29) is 0 Å². The van der Waals surface area contributed by atoms with Crippen molar-refractivity contribution in [1.82, 2.24) is 19.9 Å². The average Bonchev–Trinajstić information content (AvgIpc) is 2.85. The fourth-order valence-electron chi connectivity index (χ4n) is 2.96. The van der Waals surface area contributed by atoms with Crippen LogP contribution in [0.1, 0.15) is 31.9 Å². The number of nitrogens with zero attached hydrogens (tertiary/aromatic N) is 4. The van der Waals surface area contributed by atoms with Gasteiger partial charge in [0.1, 0.15) is 5.52 Å². The Labute approximate surface area is 120 Å². The summed E-state index contributed by atoms with van der Waals surface area (Å²) < 4.78 is 1.93. The molecule has 1 aliphatic rings. The van der Waals surface area contributed by atoms with Crippen LogP contribution < -0.4 is 10.2 Å². The molecule has 2 aromatic rings. The molecule has 1 fully saturated rings. The van der Waals surface area contributed by atoms with Crippen molar-refractivity contribution < 1.29 is 0 Å². The van der Waals surface area contributed by atoms with Gasteiger partial charge in [-0.25, -0.2) is 9.50 Å². The van der Waals surface area contributed by atoms with E-state index >= 15 is 0 Å². The third-order valence-corrected chi connectivity index (χ3v) is 3.90. The summed E-state index contributed by atoms with van der Waals surface area (Å²) in [5.41, 5.74) is 2.15. The average molecular weight is 273 g/mol. The molecule has 1 atom stereocenters. The highest BCUT2D eigenvalue weighted by molar-refractivity contribution is 5.69. The summed E-state index contributed by atoms with van der Waals surface area (Å²) in [7, 11) is 0. The fourth-order valence-corrected chi connectivity index (χ4v) is 2.96. The van der Waals surface area contributed by atoms with E-state index in [1.54, 1.807) is 0 Å². The summed E-state index contributed by atoms with van der Waals surface area (Å²) in [6, 6.07) is 2.69. The smallest absolute Gasteiger partial charge is 0.154 e. The first-order valence-electron chi connectivity index (χ1n) is 7.57. The highest BCUT2D eigenvalue weighted by Crippen LogP contribution is 2.23. The molecule has 20 heavy (non-hydrogen) atoms. The minimum atomic E-state index is 0.578. The molecule has 1 N–H and O–H groups in total. The van der Waals surface area contributed by atoms with E-state index in [2.05, 4.69) is 33.3 Å². The number of piperidine rings is 1. The highest BCUT2D eigenvalue weighted by Gasteiger charge is 2.22. The lowest BCUT2D eigenvalue weighted by atomic mass is 10.1. The molecule has 1 saturated heterocycles. The van der Waals surface area contributed by atoms with Crippen LogP contribution in [0.2, 0.25) is 0 Å². The first kappa shape index (κ1) is 13.4. The van der Waals surface area contributed by atoms with Gasteiger partial charge >= 0.3 is 0 Å². The van der Waals surface area contributed by atoms with Crippen molar-refractivity contribution in [2.45, 2.75) is 39.2 Å². The van der Waals surface area contributed by atoms with Crippen molar-refractivity contribution in [1.29, 1.82) is 0 Å². The molecule has 0 aliphatic carbocycles. The van der Waals surface area contributed by atoms with Gasteiger partial charge in [0.25, 0.3) is 0 Å². The molecule has 0 aromatic carbocycles. The van der Waals surface area contributed by atoms with Gasteiger partial charge in [0.2, 0.25) is 0 Å². The lowest BCUT2D eigenvalue weighted by Crippen LogP contribution is -2.46. The number of nitrogens with one attached hydrogen (secondary N) is 1. The molecule has 5 heteroatoms. The molecule has 3 rings (SSSR count). The second-order valence-corrected chi connectivity index (χ2v) is 5.61. The van der Waals surface area contributed by atoms with Gasteiger partial charge in [0.15, 0.2) is 5.82 Å². The lowest BCUT2D eigenvalue weighted by molar-refractivity contribution is 0.422. The molecule has 5 nitrogen and oxygen atoms in total. The largest absolute Gasteiger partial charge is 0.353 e. The zero-order chi connectivity index (χ0) is 13.9. The lowest BCUT2D eigenvalue weighted by Gasteiger charge is -2.34. The van der Waals surface area contributed by atoms with Gasteiger partial charge in [-0.3, -0.25) is 0 Å². The highest BCUT2D eigenvalue weighted by atomic mass is 15.3. The number of fused-ring (bicyclic) bond motifs is 1. The molecule has 1 aliphatic heterocycles. The number of hydrogen-bond acceptors (Lipinski definition) is 4. The Kier molecular flexibility index (Phi) is 3.87. The first-order valence-corrected chi connectivity index (χ1v) is 7.57. The summed E-state index contributed by atoms with van der Waals surface area (Å²) >= 11 is 0. The van der Waals surface area contributed by atoms with Crippen LogP contribution in [0.5, 0.6) is 0 Å². The van der Waals surface area contributed by atoms with Crippen molar-refractivity contribution in [3.8, 4) is 0 Å². The predicted molar refractivity (Wildman–Crippen MR) is 81.3 cm³/mol. The topological polar surface area (TPSA) is 45.5 Å². The van der Waals surface area contributed by atoms with Gasteiger partial charge in [-0.15, -0.1) is 0 Å². The Bertz CT molecular complexity index is 577. The molecule has 0 bridgehead atoms. The van der Waals surface area contributed by atoms with E-state index in [9.17, 15) is 0 Å². The van der Waals surface area contributed by atoms with E-state index in [0.717, 1.165) is 36.7 Å². The van der Waals surface area contributed by atoms with Crippen molar-refractivity contribution in [2.75, 3.05) is 24.5 Å². The van der Waals surface area contributed by atoms with Crippen molar-refractivity contribution in [3.05, 3.63) is 24.2 Å². The minimum absolute atomic E-state index is 0.578. The SMILES string of the molecule is CCCNC1CCCN(c2nccn3nc(C)cc23)C1. The summed E-state index contributed by atoms with van der Waals surface area (Å²) in [5.74, 6) is 1.07. The quantitative estimate of drug-likeness (QED) is 0.925. The van der Waals surface area contributed by atoms with E-state index in [4.69, 9.17) is 0 Å². The van der Waals surface area contributed by atoms with Gasteiger partial charge in [0.05, 0.1) is 5.69 Å². The Morgan fingerprint density at radius 3 is 3.20 bits per heavy atom. The summed E-state index contributed by atoms with van der Waals surface area (Å²) in [6.07, 6.45) is 7.43. The fraction of sp³-hybridized carbons (Fsp3) is 0.600. The maximum atomic E-state index is 4.60. The molecular weight excluding hydrogens is 250 g/mol. The Morgan fingerprint density at radius 2 is 2.35 bits per heavy atom. The molecule has 0 amide bonds. The number of rotatable bonds is 4. The summed E-state index contributed by atoms with van der Waals surface area (Å²) in [5, 5.41) is 8.10.